The summed E-state index contributed by atoms with van der Waals surface area (Å²) in [5, 5.41) is 8.59. The molecule has 1 heterocycles. The van der Waals surface area contributed by atoms with Crippen LogP contribution in [0.5, 0.6) is 5.75 Å². The third-order valence-electron chi connectivity index (χ3n) is 3.20. The van der Waals surface area contributed by atoms with E-state index in [-0.39, 0.29) is 0 Å². The van der Waals surface area contributed by atoms with Gasteiger partial charge in [0.15, 0.2) is 11.0 Å². The van der Waals surface area contributed by atoms with Crippen LogP contribution in [0.1, 0.15) is 11.1 Å². The number of hydrogen-bond acceptors (Lipinski definition) is 4. The summed E-state index contributed by atoms with van der Waals surface area (Å²) in [5.41, 5.74) is 2.95. The normalized spacial score (nSPS) is 10.4. The quantitative estimate of drug-likeness (QED) is 0.860. The summed E-state index contributed by atoms with van der Waals surface area (Å²) in [6.07, 6.45) is 0. The summed E-state index contributed by atoms with van der Waals surface area (Å²) in [5.74, 6) is 1.59. The van der Waals surface area contributed by atoms with E-state index >= 15 is 0 Å². The molecule has 0 radical (unpaired) electrons. The first-order chi connectivity index (χ1) is 9.04. The van der Waals surface area contributed by atoms with E-state index in [2.05, 4.69) is 10.2 Å². The lowest BCUT2D eigenvalue weighted by Crippen LogP contribution is -2.14. The third-order valence-corrected chi connectivity index (χ3v) is 3.56. The van der Waals surface area contributed by atoms with E-state index < -0.39 is 0 Å². The van der Waals surface area contributed by atoms with Crippen molar-refractivity contribution in [1.82, 2.24) is 10.2 Å². The Hall–Kier alpha value is -1.81. The van der Waals surface area contributed by atoms with Gasteiger partial charge in [-0.1, -0.05) is 17.7 Å². The second kappa shape index (κ2) is 5.45. The van der Waals surface area contributed by atoms with Crippen LogP contribution in [0.15, 0.2) is 24.3 Å². The Morgan fingerprint density at radius 3 is 2.58 bits per heavy atom. The van der Waals surface area contributed by atoms with Gasteiger partial charge in [-0.25, -0.2) is 0 Å². The minimum Gasteiger partial charge on any atom is -0.497 e. The molecule has 0 N–H and O–H groups in total. The van der Waals surface area contributed by atoms with Crippen LogP contribution in [0.2, 0.25) is 5.15 Å². The molecule has 0 aliphatic carbocycles. The first-order valence-corrected chi connectivity index (χ1v) is 6.29. The van der Waals surface area contributed by atoms with Gasteiger partial charge in [0, 0.05) is 18.8 Å². The van der Waals surface area contributed by atoms with Crippen molar-refractivity contribution < 1.29 is 4.74 Å². The molecule has 0 aliphatic rings. The van der Waals surface area contributed by atoms with Gasteiger partial charge >= 0.3 is 0 Å². The molecule has 0 aliphatic heterocycles. The Kier molecular flexibility index (Phi) is 3.90. The highest BCUT2D eigenvalue weighted by Gasteiger charge is 2.13. The predicted octanol–water partition coefficient (Wildman–Crippen LogP) is 3.52. The van der Waals surface area contributed by atoms with Crippen molar-refractivity contribution in [3.8, 4) is 5.75 Å². The molecule has 0 atom stereocenters. The highest BCUT2D eigenvalue weighted by molar-refractivity contribution is 6.30. The molecule has 2 rings (SSSR count). The lowest BCUT2D eigenvalue weighted by molar-refractivity contribution is 0.415. The van der Waals surface area contributed by atoms with Crippen LogP contribution in [-0.2, 0) is 0 Å². The predicted molar refractivity (Wildman–Crippen MR) is 77.6 cm³/mol. The summed E-state index contributed by atoms with van der Waals surface area (Å²) in [6, 6.07) is 7.79. The zero-order chi connectivity index (χ0) is 14.0. The van der Waals surface area contributed by atoms with E-state index in [4.69, 9.17) is 16.3 Å². The van der Waals surface area contributed by atoms with Gasteiger partial charge in [-0.05, 0) is 37.1 Å². The first-order valence-electron chi connectivity index (χ1n) is 5.91. The molecule has 2 aromatic rings. The summed E-state index contributed by atoms with van der Waals surface area (Å²) >= 11 is 5.97. The smallest absolute Gasteiger partial charge is 0.158 e. The molecule has 0 bridgehead atoms. The fourth-order valence-corrected chi connectivity index (χ4v) is 2.00. The molecule has 100 valence electrons. The van der Waals surface area contributed by atoms with E-state index in [1.54, 1.807) is 7.11 Å². The van der Waals surface area contributed by atoms with Crippen molar-refractivity contribution in [3.05, 3.63) is 40.5 Å². The lowest BCUT2D eigenvalue weighted by Gasteiger charge is -2.21. The van der Waals surface area contributed by atoms with Gasteiger partial charge in [-0.2, -0.15) is 0 Å². The number of benzene rings is 1. The van der Waals surface area contributed by atoms with Crippen LogP contribution >= 0.6 is 11.6 Å². The van der Waals surface area contributed by atoms with Gasteiger partial charge < -0.3 is 9.64 Å². The topological polar surface area (TPSA) is 38.2 Å². The Balaban J connectivity index is 2.44. The van der Waals surface area contributed by atoms with Gasteiger partial charge in [0.1, 0.15) is 5.75 Å². The Morgan fingerprint density at radius 1 is 1.16 bits per heavy atom. The first kappa shape index (κ1) is 13.6. The number of aromatic nitrogens is 2. The van der Waals surface area contributed by atoms with Gasteiger partial charge in [0.05, 0.1) is 7.11 Å². The average molecular weight is 278 g/mol. The third kappa shape index (κ3) is 2.63. The summed E-state index contributed by atoms with van der Waals surface area (Å²) in [4.78, 5) is 1.97. The van der Waals surface area contributed by atoms with Gasteiger partial charge in [0.25, 0.3) is 0 Å². The largest absolute Gasteiger partial charge is 0.497 e. The van der Waals surface area contributed by atoms with Crippen LogP contribution in [-0.4, -0.2) is 24.4 Å². The molecule has 1 aromatic heterocycles. The minimum atomic E-state index is 0.445. The number of hydrogen-bond donors (Lipinski definition) is 0. The Bertz CT molecular complexity index is 601. The molecule has 19 heavy (non-hydrogen) atoms. The minimum absolute atomic E-state index is 0.445. The Labute approximate surface area is 118 Å². The van der Waals surface area contributed by atoms with Gasteiger partial charge in [-0.3, -0.25) is 0 Å². The summed E-state index contributed by atoms with van der Waals surface area (Å²) in [7, 11) is 3.59. The fourth-order valence-electron chi connectivity index (χ4n) is 1.82. The van der Waals surface area contributed by atoms with Crippen molar-refractivity contribution in [2.24, 2.45) is 0 Å². The maximum absolute atomic E-state index is 5.97. The van der Waals surface area contributed by atoms with Gasteiger partial charge in [-0.15, -0.1) is 10.2 Å². The summed E-state index contributed by atoms with van der Waals surface area (Å²) in [6.45, 7) is 3.93. The van der Waals surface area contributed by atoms with Crippen LogP contribution in [0.25, 0.3) is 0 Å². The highest BCUT2D eigenvalue weighted by Crippen LogP contribution is 2.29. The van der Waals surface area contributed by atoms with Gasteiger partial charge in [0.2, 0.25) is 0 Å². The zero-order valence-electron chi connectivity index (χ0n) is 11.4. The van der Waals surface area contributed by atoms with Crippen LogP contribution in [0.4, 0.5) is 11.5 Å². The monoisotopic (exact) mass is 277 g/mol. The zero-order valence-corrected chi connectivity index (χ0v) is 12.2. The van der Waals surface area contributed by atoms with Crippen LogP contribution in [0.3, 0.4) is 0 Å². The van der Waals surface area contributed by atoms with Crippen molar-refractivity contribution >= 4 is 23.1 Å². The standard InChI is InChI=1S/C14H16ClN3O/c1-9-10(2)14(17-16-13(9)15)18(3)11-6-5-7-12(8-11)19-4/h5-8H,1-4H3. The number of halogens is 1. The number of rotatable bonds is 3. The second-order valence-electron chi connectivity index (χ2n) is 4.32. The second-order valence-corrected chi connectivity index (χ2v) is 4.68. The molecule has 5 heteroatoms. The average Bonchev–Trinajstić information content (AvgIpc) is 2.44. The van der Waals surface area contributed by atoms with E-state index in [0.717, 1.165) is 28.4 Å². The summed E-state index contributed by atoms with van der Waals surface area (Å²) < 4.78 is 5.23. The molecule has 0 saturated heterocycles. The SMILES string of the molecule is COc1cccc(N(C)c2nnc(Cl)c(C)c2C)c1. The Morgan fingerprint density at radius 2 is 1.89 bits per heavy atom. The van der Waals surface area contributed by atoms with Crippen LogP contribution < -0.4 is 9.64 Å². The fraction of sp³-hybridized carbons (Fsp3) is 0.286. The molecule has 0 fully saturated rings. The highest BCUT2D eigenvalue weighted by atomic mass is 35.5. The molecule has 0 saturated carbocycles. The number of ether oxygens (including phenoxy) is 1. The van der Waals surface area contributed by atoms with E-state index in [1.165, 1.54) is 0 Å². The molecule has 0 amide bonds. The van der Waals surface area contributed by atoms with E-state index in [9.17, 15) is 0 Å². The number of nitrogens with zero attached hydrogens (tertiary/aromatic N) is 3. The maximum Gasteiger partial charge on any atom is 0.158 e. The molecule has 0 spiro atoms. The van der Waals surface area contributed by atoms with Crippen molar-refractivity contribution in [2.45, 2.75) is 13.8 Å². The molecular formula is C14H16ClN3O. The van der Waals surface area contributed by atoms with Crippen molar-refractivity contribution in [3.63, 3.8) is 0 Å². The number of methoxy groups -OCH3 is 1. The molecular weight excluding hydrogens is 262 g/mol. The van der Waals surface area contributed by atoms with E-state index in [0.29, 0.717) is 5.15 Å². The molecule has 4 nitrogen and oxygen atoms in total. The molecule has 0 unspecified atom stereocenters. The lowest BCUT2D eigenvalue weighted by atomic mass is 10.2. The van der Waals surface area contributed by atoms with E-state index in [1.807, 2.05) is 50.1 Å². The maximum atomic E-state index is 5.97. The van der Waals surface area contributed by atoms with Crippen molar-refractivity contribution in [1.29, 1.82) is 0 Å². The molecule has 1 aromatic carbocycles. The van der Waals surface area contributed by atoms with Crippen LogP contribution in [0, 0.1) is 13.8 Å². The van der Waals surface area contributed by atoms with Crippen molar-refractivity contribution in [2.75, 3.05) is 19.1 Å². The number of anilines is 2.